The Hall–Kier alpha value is -6.61. The molecule has 2 aliphatic heterocycles. The molecule has 0 aromatic heterocycles. The van der Waals surface area contributed by atoms with Gasteiger partial charge in [-0.25, -0.2) is 18.0 Å². The van der Waals surface area contributed by atoms with Crippen LogP contribution in [-0.4, -0.2) is 110 Å². The molecule has 2 unspecified atom stereocenters. The highest BCUT2D eigenvalue weighted by Crippen LogP contribution is 2.36. The fraction of sp³-hybridized carbons (Fsp3) is 0.525. The quantitative estimate of drug-likeness (QED) is 0.0492. The maximum absolute atomic E-state index is 14.0. The number of aryl methyl sites for hydroxylation is 1. The van der Waals surface area contributed by atoms with Crippen LogP contribution in [0.1, 0.15) is 112 Å². The van der Waals surface area contributed by atoms with Crippen LogP contribution in [0.15, 0.2) is 102 Å². The fourth-order valence-electron chi connectivity index (χ4n) is 8.13. The van der Waals surface area contributed by atoms with Gasteiger partial charge in [-0.05, 0) is 126 Å². The van der Waals surface area contributed by atoms with E-state index in [2.05, 4.69) is 41.9 Å². The minimum atomic E-state index is -4.13. The highest BCUT2D eigenvalue weighted by atomic mass is 32.2. The molecule has 19 heteroatoms. The van der Waals surface area contributed by atoms with Gasteiger partial charge in [-0.1, -0.05) is 94.4 Å². The molecule has 0 fully saturated rings. The van der Waals surface area contributed by atoms with Crippen LogP contribution in [0.4, 0.5) is 9.59 Å². The zero-order valence-corrected chi connectivity index (χ0v) is 48.1. The molecular formula is C59H82N6O12S. The summed E-state index contributed by atoms with van der Waals surface area (Å²) in [5.41, 5.74) is 1.10. The van der Waals surface area contributed by atoms with Crippen molar-refractivity contribution in [3.63, 3.8) is 0 Å². The van der Waals surface area contributed by atoms with Crippen LogP contribution < -0.4 is 34.9 Å². The molecule has 4 aromatic carbocycles. The first-order valence-corrected chi connectivity index (χ1v) is 27.7. The van der Waals surface area contributed by atoms with Crippen LogP contribution in [0, 0.1) is 40.4 Å². The number of sulfonamides is 1. The van der Waals surface area contributed by atoms with Crippen molar-refractivity contribution in [3.8, 4) is 35.1 Å². The number of hydrogen-bond donors (Lipinski definition) is 5. The van der Waals surface area contributed by atoms with Crippen molar-refractivity contribution in [2.24, 2.45) is 10.8 Å². The van der Waals surface area contributed by atoms with Crippen LogP contribution in [0.5, 0.6) is 23.0 Å². The number of benzene rings is 4. The van der Waals surface area contributed by atoms with E-state index < -0.39 is 63.1 Å². The summed E-state index contributed by atoms with van der Waals surface area (Å²) in [5, 5.41) is 48.8. The van der Waals surface area contributed by atoms with Crippen molar-refractivity contribution in [2.45, 2.75) is 155 Å². The average molecular weight is 1100 g/mol. The summed E-state index contributed by atoms with van der Waals surface area (Å²) in [6.07, 6.45) is -0.570. The third-order valence-electron chi connectivity index (χ3n) is 12.2. The smallest absolute Gasteiger partial charge is 0.407 e. The molecule has 4 atom stereocenters. The van der Waals surface area contributed by atoms with Gasteiger partial charge >= 0.3 is 12.2 Å². The van der Waals surface area contributed by atoms with E-state index in [4.69, 9.17) is 38.9 Å². The predicted molar refractivity (Wildman–Crippen MR) is 297 cm³/mol. The minimum Gasteiger partial charge on any atom is -0.454 e. The molecule has 18 nitrogen and oxygen atoms in total. The normalized spacial score (nSPS) is 14.4. The largest absolute Gasteiger partial charge is 0.454 e. The van der Waals surface area contributed by atoms with Gasteiger partial charge in [-0.3, -0.25) is 0 Å². The number of alkyl carbamates (subject to hydrolysis) is 2. The number of nitriles is 2. The summed E-state index contributed by atoms with van der Waals surface area (Å²) in [4.78, 5) is 24.9. The summed E-state index contributed by atoms with van der Waals surface area (Å²) in [5.74, 6) is 2.48. The average Bonchev–Trinajstić information content (AvgIpc) is 4.04. The van der Waals surface area contributed by atoms with E-state index in [-0.39, 0.29) is 43.0 Å². The van der Waals surface area contributed by atoms with Gasteiger partial charge in [0.25, 0.3) is 0 Å². The number of nitrogens with zero attached hydrogens (tertiary/aromatic N) is 3. The molecule has 2 aliphatic rings. The summed E-state index contributed by atoms with van der Waals surface area (Å²) < 4.78 is 60.9. The lowest BCUT2D eigenvalue weighted by Crippen LogP contribution is -2.52. The number of fused-ring (bicyclic) bond motifs is 2. The Morgan fingerprint density at radius 1 is 0.641 bits per heavy atom. The summed E-state index contributed by atoms with van der Waals surface area (Å²) in [6, 6.07) is 32.2. The van der Waals surface area contributed by atoms with E-state index in [0.29, 0.717) is 50.6 Å². The van der Waals surface area contributed by atoms with Gasteiger partial charge in [-0.15, -0.1) is 0 Å². The van der Waals surface area contributed by atoms with Gasteiger partial charge in [0, 0.05) is 45.1 Å². The Balaban J connectivity index is 0.000000296. The second-order valence-corrected chi connectivity index (χ2v) is 24.9. The van der Waals surface area contributed by atoms with Crippen molar-refractivity contribution in [3.05, 3.63) is 114 Å². The van der Waals surface area contributed by atoms with Crippen molar-refractivity contribution in [1.82, 2.24) is 20.3 Å². The molecule has 0 saturated heterocycles. The molecular weight excluding hydrogens is 1020 g/mol. The molecule has 0 bridgehead atoms. The van der Waals surface area contributed by atoms with E-state index in [1.807, 2.05) is 99.6 Å². The van der Waals surface area contributed by atoms with Gasteiger partial charge in [0.15, 0.2) is 23.0 Å². The van der Waals surface area contributed by atoms with Crippen LogP contribution >= 0.6 is 0 Å². The number of rotatable bonds is 22. The summed E-state index contributed by atoms with van der Waals surface area (Å²) >= 11 is 0. The number of amides is 2. The van der Waals surface area contributed by atoms with Crippen molar-refractivity contribution in [2.75, 3.05) is 39.8 Å². The van der Waals surface area contributed by atoms with Crippen LogP contribution in [-0.2, 0) is 32.3 Å². The monoisotopic (exact) mass is 1100 g/mol. The number of aliphatic hydroxyl groups excluding tert-OH is 2. The summed E-state index contributed by atoms with van der Waals surface area (Å²) in [6.45, 7) is 21.7. The molecule has 2 heterocycles. The lowest BCUT2D eigenvalue weighted by molar-refractivity contribution is 0.0390. The van der Waals surface area contributed by atoms with Gasteiger partial charge < -0.3 is 54.6 Å². The number of ether oxygens (including phenoxy) is 6. The van der Waals surface area contributed by atoms with Crippen molar-refractivity contribution < 1.29 is 56.6 Å². The van der Waals surface area contributed by atoms with E-state index in [1.54, 1.807) is 41.5 Å². The Kier molecular flexibility index (Phi) is 24.1. The van der Waals surface area contributed by atoms with Gasteiger partial charge in [-0.2, -0.15) is 14.8 Å². The minimum absolute atomic E-state index is 0.0000454. The summed E-state index contributed by atoms with van der Waals surface area (Å²) in [7, 11) is -4.13. The van der Waals surface area contributed by atoms with Crippen LogP contribution in [0.3, 0.4) is 0 Å². The molecule has 6 rings (SSSR count). The van der Waals surface area contributed by atoms with Gasteiger partial charge in [0.05, 0.1) is 41.3 Å². The predicted octanol–water partition coefficient (Wildman–Crippen LogP) is 9.36. The van der Waals surface area contributed by atoms with Crippen LogP contribution in [0.25, 0.3) is 0 Å². The fourth-order valence-corrected chi connectivity index (χ4v) is 9.79. The SMILES string of the molecule is CC(C)(CCC#N)CN(CC(O)[C@H](Cc1ccccc1)NC(=O)OC(C)(C)C)S(=O)(=O)c1ccc2c(c1)OCO2.CC(C)(CCC#N)CNCC(O)[C@H](Cc1ccccc1)NC(=O)OC(C)(C)C.Cc1ccc2c(c1)OCO2. The number of nitrogens with one attached hydrogen (secondary N) is 3. The zero-order chi connectivity index (χ0) is 57.7. The van der Waals surface area contributed by atoms with E-state index in [9.17, 15) is 28.2 Å². The molecule has 4 aromatic rings. The first-order valence-electron chi connectivity index (χ1n) is 26.2. The van der Waals surface area contributed by atoms with Crippen molar-refractivity contribution >= 4 is 22.2 Å². The van der Waals surface area contributed by atoms with E-state index in [0.717, 1.165) is 29.0 Å². The van der Waals surface area contributed by atoms with Gasteiger partial charge in [0.2, 0.25) is 23.6 Å². The second kappa shape index (κ2) is 29.4. The Morgan fingerprint density at radius 3 is 1.58 bits per heavy atom. The molecule has 0 saturated carbocycles. The Labute approximate surface area is 462 Å². The number of aliphatic hydroxyl groups is 2. The van der Waals surface area contributed by atoms with Crippen molar-refractivity contribution in [1.29, 1.82) is 10.5 Å². The van der Waals surface area contributed by atoms with Gasteiger partial charge in [0.1, 0.15) is 11.2 Å². The highest BCUT2D eigenvalue weighted by Gasteiger charge is 2.36. The molecule has 426 valence electrons. The standard InChI is InChI=1S/C29H39N3O7S.C22H35N3O3.C8H8O2/c1-28(2,3)39-27(34)31-23(16-21-10-7-6-8-11-21)24(33)18-32(19-29(4,5)14-9-15-30)40(35,36)22-12-13-25-26(17-22)38-20-37-25;1-21(2,3)28-20(27)25-18(14-17-10-7-6-8-11-17)19(26)15-24-16-22(4,5)12-9-13-23;1-6-2-3-7-8(4-6)10-5-9-7/h6-8,10-13,17,23-24,33H,9,14,16,18-20H2,1-5H3,(H,31,34);6-8,10-11,18-19,24,26H,9,12,14-16H2,1-5H3,(H,25,27);2-4H,5H2,1H3/t23-,24?;18-,19?;/m00./s1. The first-order chi connectivity index (χ1) is 36.6. The molecule has 78 heavy (non-hydrogen) atoms. The Bertz CT molecular complexity index is 2720. The topological polar surface area (TPSA) is 251 Å². The van der Waals surface area contributed by atoms with E-state index >= 15 is 0 Å². The molecule has 5 N–H and O–H groups in total. The number of carbonyl (C=O) groups excluding carboxylic acids is 2. The second-order valence-electron chi connectivity index (χ2n) is 23.0. The number of hydrogen-bond acceptors (Lipinski definition) is 15. The molecule has 2 amide bonds. The van der Waals surface area contributed by atoms with E-state index in [1.165, 1.54) is 28.1 Å². The maximum Gasteiger partial charge on any atom is 0.407 e. The maximum atomic E-state index is 14.0. The highest BCUT2D eigenvalue weighted by molar-refractivity contribution is 7.89. The lowest BCUT2D eigenvalue weighted by Gasteiger charge is -2.35. The third kappa shape index (κ3) is 22.8. The lowest BCUT2D eigenvalue weighted by atomic mass is 9.88. The Morgan fingerprint density at radius 2 is 1.09 bits per heavy atom. The van der Waals surface area contributed by atoms with Crippen LogP contribution in [0.2, 0.25) is 0 Å². The first kappa shape index (κ1) is 63.9. The zero-order valence-electron chi connectivity index (χ0n) is 47.3. The third-order valence-corrected chi connectivity index (χ3v) is 14.0. The number of carbonyl (C=O) groups is 2. The molecule has 0 aliphatic carbocycles. The molecule has 0 spiro atoms. The molecule has 0 radical (unpaired) electrons.